The molecule has 0 aliphatic carbocycles. The van der Waals surface area contributed by atoms with Crippen LogP contribution in [-0.2, 0) is 6.61 Å². The molecule has 1 heterocycles. The van der Waals surface area contributed by atoms with Crippen molar-refractivity contribution in [1.82, 2.24) is 5.32 Å². The Morgan fingerprint density at radius 2 is 2.21 bits per heavy atom. The summed E-state index contributed by atoms with van der Waals surface area (Å²) >= 11 is 0. The molecule has 1 aromatic heterocycles. The number of rotatable bonds is 5. The van der Waals surface area contributed by atoms with E-state index in [0.717, 1.165) is 11.3 Å². The van der Waals surface area contributed by atoms with Gasteiger partial charge in [-0.25, -0.2) is 4.39 Å². The highest BCUT2D eigenvalue weighted by atomic mass is 19.1. The highest BCUT2D eigenvalue weighted by Gasteiger charge is 2.14. The third-order valence-corrected chi connectivity index (χ3v) is 3.14. The fourth-order valence-electron chi connectivity index (χ4n) is 1.83. The number of furan rings is 1. The van der Waals surface area contributed by atoms with Crippen LogP contribution in [0.15, 0.2) is 34.9 Å². The van der Waals surface area contributed by atoms with Gasteiger partial charge in [0.05, 0.1) is 6.26 Å². The number of hydrogen-bond acceptors (Lipinski definition) is 3. The summed E-state index contributed by atoms with van der Waals surface area (Å²) in [5.74, 6) is 1.20. The Bertz CT molecular complexity index is 537. The Morgan fingerprint density at radius 1 is 1.42 bits per heavy atom. The lowest BCUT2D eigenvalue weighted by atomic mass is 10.0. The fraction of sp³-hybridized carbons (Fsp3) is 0.333. The van der Waals surface area contributed by atoms with Crippen molar-refractivity contribution >= 4 is 0 Å². The lowest BCUT2D eigenvalue weighted by Gasteiger charge is -2.17. The molecule has 0 radical (unpaired) electrons. The second-order valence-electron chi connectivity index (χ2n) is 4.52. The average molecular weight is 263 g/mol. The molecule has 0 saturated carbocycles. The summed E-state index contributed by atoms with van der Waals surface area (Å²) in [6.45, 7) is 4.02. The van der Waals surface area contributed by atoms with Gasteiger partial charge in [0, 0.05) is 11.6 Å². The molecule has 3 nitrogen and oxygen atoms in total. The number of ether oxygens (including phenoxy) is 1. The minimum atomic E-state index is -0.220. The lowest BCUT2D eigenvalue weighted by Crippen LogP contribution is -2.14. The van der Waals surface area contributed by atoms with E-state index < -0.39 is 0 Å². The van der Waals surface area contributed by atoms with Crippen molar-refractivity contribution in [1.29, 1.82) is 0 Å². The minimum absolute atomic E-state index is 0.0155. The van der Waals surface area contributed by atoms with Crippen LogP contribution in [-0.4, -0.2) is 7.05 Å². The highest BCUT2D eigenvalue weighted by Crippen LogP contribution is 2.28. The normalized spacial score (nSPS) is 12.4. The van der Waals surface area contributed by atoms with E-state index in [1.807, 2.05) is 26.1 Å². The molecule has 0 bridgehead atoms. The standard InChI is InChI=1S/C15H18FNO2/c1-10-7-15(19-9-12-5-4-6-18-12)13(8-14(10)16)11(2)17-3/h4-8,11,17H,9H2,1-3H3. The first-order chi connectivity index (χ1) is 9.11. The number of benzene rings is 1. The zero-order chi connectivity index (χ0) is 13.8. The van der Waals surface area contributed by atoms with E-state index >= 15 is 0 Å². The van der Waals surface area contributed by atoms with E-state index in [4.69, 9.17) is 9.15 Å². The van der Waals surface area contributed by atoms with Crippen LogP contribution in [0.1, 0.15) is 29.9 Å². The zero-order valence-corrected chi connectivity index (χ0v) is 11.4. The van der Waals surface area contributed by atoms with Crippen molar-refractivity contribution in [3.63, 3.8) is 0 Å². The van der Waals surface area contributed by atoms with Crippen LogP contribution in [0.25, 0.3) is 0 Å². The molecule has 0 amide bonds. The first-order valence-corrected chi connectivity index (χ1v) is 6.24. The molecular weight excluding hydrogens is 245 g/mol. The predicted molar refractivity (Wildman–Crippen MR) is 71.7 cm³/mol. The van der Waals surface area contributed by atoms with Crippen LogP contribution in [0, 0.1) is 12.7 Å². The molecule has 2 rings (SSSR count). The van der Waals surface area contributed by atoms with Gasteiger partial charge in [0.15, 0.2) is 0 Å². The monoisotopic (exact) mass is 263 g/mol. The van der Waals surface area contributed by atoms with Gasteiger partial charge in [0.1, 0.15) is 23.9 Å². The second-order valence-corrected chi connectivity index (χ2v) is 4.52. The first kappa shape index (κ1) is 13.6. The van der Waals surface area contributed by atoms with Crippen LogP contribution < -0.4 is 10.1 Å². The summed E-state index contributed by atoms with van der Waals surface area (Å²) < 4.78 is 24.6. The Morgan fingerprint density at radius 3 is 2.84 bits per heavy atom. The molecule has 0 saturated heterocycles. The molecule has 0 aliphatic rings. The van der Waals surface area contributed by atoms with Crippen LogP contribution in [0.4, 0.5) is 4.39 Å². The van der Waals surface area contributed by atoms with E-state index in [1.54, 1.807) is 19.3 Å². The van der Waals surface area contributed by atoms with Crippen molar-refractivity contribution in [2.24, 2.45) is 0 Å². The van der Waals surface area contributed by atoms with E-state index in [0.29, 0.717) is 17.9 Å². The third kappa shape index (κ3) is 3.15. The molecule has 1 aromatic carbocycles. The van der Waals surface area contributed by atoms with Crippen molar-refractivity contribution in [3.8, 4) is 5.75 Å². The number of halogens is 1. The Hall–Kier alpha value is -1.81. The SMILES string of the molecule is CNC(C)c1cc(F)c(C)cc1OCc1ccco1. The smallest absolute Gasteiger partial charge is 0.146 e. The quantitative estimate of drug-likeness (QED) is 0.895. The van der Waals surface area contributed by atoms with E-state index in [1.165, 1.54) is 6.07 Å². The highest BCUT2D eigenvalue weighted by molar-refractivity contribution is 5.40. The summed E-state index contributed by atoms with van der Waals surface area (Å²) in [5.41, 5.74) is 1.37. The van der Waals surface area contributed by atoms with Crippen LogP contribution in [0.3, 0.4) is 0 Å². The lowest BCUT2D eigenvalue weighted by molar-refractivity contribution is 0.265. The van der Waals surface area contributed by atoms with E-state index in [2.05, 4.69) is 5.32 Å². The summed E-state index contributed by atoms with van der Waals surface area (Å²) in [6.07, 6.45) is 1.60. The Labute approximate surface area is 112 Å². The maximum absolute atomic E-state index is 13.7. The molecular formula is C15H18FNO2. The molecule has 1 atom stereocenters. The Balaban J connectivity index is 2.24. The van der Waals surface area contributed by atoms with Crippen LogP contribution in [0.5, 0.6) is 5.75 Å². The van der Waals surface area contributed by atoms with Gasteiger partial charge in [-0.05, 0) is 50.7 Å². The molecule has 4 heteroatoms. The van der Waals surface area contributed by atoms with Gasteiger partial charge in [-0.1, -0.05) is 0 Å². The van der Waals surface area contributed by atoms with E-state index in [-0.39, 0.29) is 11.9 Å². The van der Waals surface area contributed by atoms with Crippen molar-refractivity contribution in [2.75, 3.05) is 7.05 Å². The molecule has 0 spiro atoms. The number of nitrogens with one attached hydrogen (secondary N) is 1. The maximum atomic E-state index is 13.7. The maximum Gasteiger partial charge on any atom is 0.146 e. The molecule has 1 N–H and O–H groups in total. The average Bonchev–Trinajstić information content (AvgIpc) is 2.92. The molecule has 0 fully saturated rings. The van der Waals surface area contributed by atoms with Gasteiger partial charge in [-0.3, -0.25) is 0 Å². The molecule has 102 valence electrons. The first-order valence-electron chi connectivity index (χ1n) is 6.24. The molecule has 2 aromatic rings. The van der Waals surface area contributed by atoms with Gasteiger partial charge in [0.2, 0.25) is 0 Å². The van der Waals surface area contributed by atoms with Crippen LogP contribution >= 0.6 is 0 Å². The summed E-state index contributed by atoms with van der Waals surface area (Å²) in [4.78, 5) is 0. The zero-order valence-electron chi connectivity index (χ0n) is 11.4. The summed E-state index contributed by atoms with van der Waals surface area (Å²) in [6, 6.07) is 6.92. The van der Waals surface area contributed by atoms with Gasteiger partial charge < -0.3 is 14.5 Å². The van der Waals surface area contributed by atoms with Gasteiger partial charge in [-0.2, -0.15) is 0 Å². The van der Waals surface area contributed by atoms with Crippen molar-refractivity contribution in [2.45, 2.75) is 26.5 Å². The number of hydrogen-bond donors (Lipinski definition) is 1. The molecule has 1 unspecified atom stereocenters. The summed E-state index contributed by atoms with van der Waals surface area (Å²) in [7, 11) is 1.83. The third-order valence-electron chi connectivity index (χ3n) is 3.14. The molecule has 19 heavy (non-hydrogen) atoms. The summed E-state index contributed by atoms with van der Waals surface area (Å²) in [5, 5.41) is 3.09. The fourth-order valence-corrected chi connectivity index (χ4v) is 1.83. The predicted octanol–water partition coefficient (Wildman–Crippen LogP) is 3.59. The Kier molecular flexibility index (Phi) is 4.22. The van der Waals surface area contributed by atoms with Gasteiger partial charge >= 0.3 is 0 Å². The van der Waals surface area contributed by atoms with Gasteiger partial charge in [-0.15, -0.1) is 0 Å². The molecule has 0 aliphatic heterocycles. The second kappa shape index (κ2) is 5.89. The largest absolute Gasteiger partial charge is 0.485 e. The van der Waals surface area contributed by atoms with E-state index in [9.17, 15) is 4.39 Å². The van der Waals surface area contributed by atoms with Crippen molar-refractivity contribution in [3.05, 3.63) is 53.2 Å². The van der Waals surface area contributed by atoms with Crippen LogP contribution in [0.2, 0.25) is 0 Å². The topological polar surface area (TPSA) is 34.4 Å². The number of aryl methyl sites for hydroxylation is 1. The minimum Gasteiger partial charge on any atom is -0.485 e. The van der Waals surface area contributed by atoms with Crippen molar-refractivity contribution < 1.29 is 13.5 Å². The van der Waals surface area contributed by atoms with Gasteiger partial charge in [0.25, 0.3) is 0 Å².